The minimum Gasteiger partial charge on any atom is -0.359 e. The van der Waals surface area contributed by atoms with E-state index >= 15 is 0 Å². The third-order valence-corrected chi connectivity index (χ3v) is 7.95. The van der Waals surface area contributed by atoms with Gasteiger partial charge in [0.15, 0.2) is 0 Å². The van der Waals surface area contributed by atoms with Gasteiger partial charge in [-0.2, -0.15) is 0 Å². The average molecular weight is 491 g/mol. The van der Waals surface area contributed by atoms with Gasteiger partial charge < -0.3 is 9.80 Å². The zero-order valence-electron chi connectivity index (χ0n) is 24.6. The Labute approximate surface area is 222 Å². The molecule has 0 aliphatic carbocycles. The Balaban J connectivity index is 1.75. The molecular weight excluding hydrogens is 424 g/mol. The molecule has 2 heteroatoms. The van der Waals surface area contributed by atoms with Gasteiger partial charge in [0.25, 0.3) is 0 Å². The van der Waals surface area contributed by atoms with Crippen LogP contribution in [0.5, 0.6) is 0 Å². The highest BCUT2D eigenvalue weighted by atomic mass is 15.3. The van der Waals surface area contributed by atoms with E-state index < -0.39 is 0 Å². The zero-order valence-corrected chi connectivity index (χ0v) is 24.6. The Hall–Kier alpha value is -0.660. The Morgan fingerprint density at radius 2 is 0.571 bits per heavy atom. The molecular formula is C33H66N2. The van der Waals surface area contributed by atoms with Crippen LogP contribution in [-0.4, -0.2) is 29.6 Å². The second-order valence-corrected chi connectivity index (χ2v) is 11.5. The van der Waals surface area contributed by atoms with Gasteiger partial charge in [-0.25, -0.2) is 0 Å². The second-order valence-electron chi connectivity index (χ2n) is 11.5. The fourth-order valence-electron chi connectivity index (χ4n) is 5.47. The number of nitrogens with zero attached hydrogens (tertiary/aromatic N) is 2. The summed E-state index contributed by atoms with van der Waals surface area (Å²) in [6.07, 6.45) is 42.2. The van der Waals surface area contributed by atoms with Gasteiger partial charge in [-0.3, -0.25) is 0 Å². The molecule has 0 saturated carbocycles. The monoisotopic (exact) mass is 491 g/mol. The lowest BCUT2D eigenvalue weighted by molar-refractivity contribution is 0.257. The van der Waals surface area contributed by atoms with Gasteiger partial charge in [-0.15, -0.1) is 0 Å². The maximum absolute atomic E-state index is 2.53. The summed E-state index contributed by atoms with van der Waals surface area (Å²) in [4.78, 5) is 5.05. The van der Waals surface area contributed by atoms with Crippen molar-refractivity contribution in [3.8, 4) is 0 Å². The van der Waals surface area contributed by atoms with Gasteiger partial charge in [-0.05, 0) is 12.8 Å². The summed E-state index contributed by atoms with van der Waals surface area (Å²) >= 11 is 0. The largest absolute Gasteiger partial charge is 0.359 e. The maximum Gasteiger partial charge on any atom is 0.0893 e. The summed E-state index contributed by atoms with van der Waals surface area (Å²) in [5, 5.41) is 0. The Kier molecular flexibility index (Phi) is 24.4. The SMILES string of the molecule is CCCCCCCCCCCCCCCCCCN1C=CN(CCCCCCCCCCCC)C1. The smallest absolute Gasteiger partial charge is 0.0893 e. The van der Waals surface area contributed by atoms with Crippen molar-refractivity contribution in [2.24, 2.45) is 0 Å². The normalized spacial score (nSPS) is 13.4. The van der Waals surface area contributed by atoms with E-state index in [0.29, 0.717) is 0 Å². The summed E-state index contributed by atoms with van der Waals surface area (Å²) < 4.78 is 0. The van der Waals surface area contributed by atoms with Crippen LogP contribution in [0, 0.1) is 0 Å². The van der Waals surface area contributed by atoms with Crippen molar-refractivity contribution >= 4 is 0 Å². The van der Waals surface area contributed by atoms with Gasteiger partial charge >= 0.3 is 0 Å². The first-order valence-electron chi connectivity index (χ1n) is 16.5. The van der Waals surface area contributed by atoms with Crippen LogP contribution in [0.2, 0.25) is 0 Å². The number of hydrogen-bond acceptors (Lipinski definition) is 2. The van der Waals surface area contributed by atoms with Gasteiger partial charge in [0, 0.05) is 25.5 Å². The number of hydrogen-bond donors (Lipinski definition) is 0. The Morgan fingerprint density at radius 3 is 0.829 bits per heavy atom. The van der Waals surface area contributed by atoms with Crippen molar-refractivity contribution in [2.75, 3.05) is 19.8 Å². The molecule has 0 amide bonds. The van der Waals surface area contributed by atoms with E-state index in [2.05, 4.69) is 36.0 Å². The molecule has 0 aromatic rings. The summed E-state index contributed by atoms with van der Waals surface area (Å²) in [7, 11) is 0. The van der Waals surface area contributed by atoms with Gasteiger partial charge in [0.05, 0.1) is 6.67 Å². The van der Waals surface area contributed by atoms with Crippen LogP contribution in [0.4, 0.5) is 0 Å². The van der Waals surface area contributed by atoms with E-state index in [9.17, 15) is 0 Å². The summed E-state index contributed by atoms with van der Waals surface area (Å²) in [6.45, 7) is 8.25. The number of rotatable bonds is 28. The molecule has 1 aliphatic rings. The van der Waals surface area contributed by atoms with Crippen molar-refractivity contribution in [3.63, 3.8) is 0 Å². The standard InChI is InChI=1S/C33H66N2/c1-3-5-7-9-11-13-15-16-17-18-19-20-22-24-26-28-30-35-32-31-34(33-35)29-27-25-23-21-14-12-10-8-6-4-2/h31-32H,3-30,33H2,1-2H3. The van der Waals surface area contributed by atoms with E-state index in [0.717, 1.165) is 6.67 Å². The fourth-order valence-corrected chi connectivity index (χ4v) is 5.47. The van der Waals surface area contributed by atoms with E-state index in [4.69, 9.17) is 0 Å². The van der Waals surface area contributed by atoms with Crippen LogP contribution in [0.15, 0.2) is 12.4 Å². The molecule has 0 saturated heterocycles. The van der Waals surface area contributed by atoms with Crippen LogP contribution in [0.3, 0.4) is 0 Å². The Morgan fingerprint density at radius 1 is 0.343 bits per heavy atom. The number of unbranched alkanes of at least 4 members (excludes halogenated alkanes) is 24. The van der Waals surface area contributed by atoms with E-state index in [1.807, 2.05) is 0 Å². The average Bonchev–Trinajstić information content (AvgIpc) is 3.32. The third-order valence-electron chi connectivity index (χ3n) is 7.95. The first kappa shape index (κ1) is 32.4. The maximum atomic E-state index is 2.53. The molecule has 1 heterocycles. The minimum absolute atomic E-state index is 1.14. The molecule has 208 valence electrons. The first-order valence-corrected chi connectivity index (χ1v) is 16.5. The zero-order chi connectivity index (χ0) is 25.1. The molecule has 0 aromatic carbocycles. The summed E-state index contributed by atoms with van der Waals surface area (Å²) in [5.41, 5.74) is 0. The predicted octanol–water partition coefficient (Wildman–Crippen LogP) is 11.2. The van der Waals surface area contributed by atoms with Crippen molar-refractivity contribution in [2.45, 2.75) is 181 Å². The van der Waals surface area contributed by atoms with Crippen LogP contribution in [0.1, 0.15) is 181 Å². The van der Waals surface area contributed by atoms with Crippen LogP contribution in [0.25, 0.3) is 0 Å². The molecule has 2 nitrogen and oxygen atoms in total. The van der Waals surface area contributed by atoms with Crippen LogP contribution in [-0.2, 0) is 0 Å². The summed E-state index contributed by atoms with van der Waals surface area (Å²) in [6, 6.07) is 0. The summed E-state index contributed by atoms with van der Waals surface area (Å²) in [5.74, 6) is 0. The highest BCUT2D eigenvalue weighted by Crippen LogP contribution is 2.15. The molecule has 1 aliphatic heterocycles. The molecule has 35 heavy (non-hydrogen) atoms. The van der Waals surface area contributed by atoms with Crippen molar-refractivity contribution in [3.05, 3.63) is 12.4 Å². The lowest BCUT2D eigenvalue weighted by Crippen LogP contribution is -2.26. The first-order chi connectivity index (χ1) is 17.4. The van der Waals surface area contributed by atoms with Crippen molar-refractivity contribution < 1.29 is 0 Å². The quantitative estimate of drug-likeness (QED) is 0.101. The van der Waals surface area contributed by atoms with Gasteiger partial charge in [0.1, 0.15) is 0 Å². The van der Waals surface area contributed by atoms with E-state index in [-0.39, 0.29) is 0 Å². The second kappa shape index (κ2) is 26.4. The van der Waals surface area contributed by atoms with Crippen molar-refractivity contribution in [1.29, 1.82) is 0 Å². The molecule has 0 bridgehead atoms. The van der Waals surface area contributed by atoms with E-state index in [1.54, 1.807) is 0 Å². The Bertz CT molecular complexity index is 433. The topological polar surface area (TPSA) is 6.48 Å². The van der Waals surface area contributed by atoms with Gasteiger partial charge in [-0.1, -0.05) is 168 Å². The minimum atomic E-state index is 1.14. The van der Waals surface area contributed by atoms with Crippen molar-refractivity contribution in [1.82, 2.24) is 9.80 Å². The third kappa shape index (κ3) is 22.3. The molecule has 1 rings (SSSR count). The molecule has 0 radical (unpaired) electrons. The lowest BCUT2D eigenvalue weighted by Gasteiger charge is -2.21. The molecule has 0 N–H and O–H groups in total. The molecule has 0 unspecified atom stereocenters. The van der Waals surface area contributed by atoms with E-state index in [1.165, 1.54) is 180 Å². The van der Waals surface area contributed by atoms with Gasteiger partial charge in [0.2, 0.25) is 0 Å². The predicted molar refractivity (Wildman–Crippen MR) is 159 cm³/mol. The highest BCUT2D eigenvalue weighted by Gasteiger charge is 2.10. The fraction of sp³-hybridized carbons (Fsp3) is 0.939. The molecule has 0 spiro atoms. The molecule has 0 atom stereocenters. The molecule has 0 aromatic heterocycles. The highest BCUT2D eigenvalue weighted by molar-refractivity contribution is 4.90. The lowest BCUT2D eigenvalue weighted by atomic mass is 10.0. The van der Waals surface area contributed by atoms with Crippen LogP contribution < -0.4 is 0 Å². The molecule has 0 fully saturated rings. The van der Waals surface area contributed by atoms with Crippen LogP contribution >= 0.6 is 0 Å².